The number of rotatable bonds is 3. The summed E-state index contributed by atoms with van der Waals surface area (Å²) in [6.45, 7) is 2.39. The van der Waals surface area contributed by atoms with E-state index in [1.54, 1.807) is 29.7 Å². The number of benzene rings is 1. The van der Waals surface area contributed by atoms with E-state index < -0.39 is 11.3 Å². The number of aryl methyl sites for hydroxylation is 2. The minimum Gasteiger partial charge on any atom is -0.368 e. The molecule has 0 aliphatic carbocycles. The fraction of sp³-hybridized carbons (Fsp3) is 0.368. The summed E-state index contributed by atoms with van der Waals surface area (Å²) < 4.78 is 1.61. The van der Waals surface area contributed by atoms with E-state index in [9.17, 15) is 14.4 Å². The Balaban J connectivity index is 1.68. The number of hydrogen-bond donors (Lipinski definition) is 1. The van der Waals surface area contributed by atoms with Crippen molar-refractivity contribution in [1.29, 1.82) is 0 Å². The first-order chi connectivity index (χ1) is 12.8. The summed E-state index contributed by atoms with van der Waals surface area (Å²) in [4.78, 5) is 40.8. The maximum absolute atomic E-state index is 13.3. The van der Waals surface area contributed by atoms with Gasteiger partial charge in [0.1, 0.15) is 6.54 Å². The number of carbonyl (C=O) groups excluding carboxylic acids is 3. The van der Waals surface area contributed by atoms with E-state index in [0.29, 0.717) is 29.9 Å². The molecule has 0 saturated carbocycles. The van der Waals surface area contributed by atoms with Gasteiger partial charge in [-0.25, -0.2) is 0 Å². The summed E-state index contributed by atoms with van der Waals surface area (Å²) in [5.74, 6) is -0.857. The molecule has 0 radical (unpaired) electrons. The van der Waals surface area contributed by atoms with Crippen LogP contribution < -0.4 is 10.6 Å². The Morgan fingerprint density at radius 2 is 2.04 bits per heavy atom. The van der Waals surface area contributed by atoms with Crippen molar-refractivity contribution in [1.82, 2.24) is 14.7 Å². The van der Waals surface area contributed by atoms with Crippen LogP contribution in [0, 0.1) is 6.92 Å². The van der Waals surface area contributed by atoms with Gasteiger partial charge in [0.05, 0.1) is 16.7 Å². The number of hydrogen-bond acceptors (Lipinski definition) is 4. The van der Waals surface area contributed by atoms with Crippen molar-refractivity contribution in [2.45, 2.75) is 18.8 Å². The normalized spacial score (nSPS) is 21.2. The lowest BCUT2D eigenvalue weighted by atomic mass is 9.81. The van der Waals surface area contributed by atoms with E-state index in [-0.39, 0.29) is 24.9 Å². The molecule has 2 N–H and O–H groups in total. The highest BCUT2D eigenvalue weighted by Gasteiger charge is 2.55. The van der Waals surface area contributed by atoms with Gasteiger partial charge < -0.3 is 15.5 Å². The third kappa shape index (κ3) is 2.51. The van der Waals surface area contributed by atoms with E-state index in [0.717, 1.165) is 5.56 Å². The zero-order valence-electron chi connectivity index (χ0n) is 15.3. The molecular weight excluding hydrogens is 346 g/mol. The summed E-state index contributed by atoms with van der Waals surface area (Å²) >= 11 is 0. The second-order valence-corrected chi connectivity index (χ2v) is 7.24. The molecule has 4 rings (SSSR count). The lowest BCUT2D eigenvalue weighted by Gasteiger charge is -2.24. The molecule has 3 heterocycles. The molecule has 3 amide bonds. The molecule has 2 aliphatic rings. The van der Waals surface area contributed by atoms with Crippen molar-refractivity contribution >= 4 is 23.4 Å². The van der Waals surface area contributed by atoms with Gasteiger partial charge in [-0.15, -0.1) is 0 Å². The number of amides is 3. The van der Waals surface area contributed by atoms with Crippen molar-refractivity contribution in [2.75, 3.05) is 24.5 Å². The highest BCUT2D eigenvalue weighted by Crippen LogP contribution is 2.47. The average Bonchev–Trinajstić information content (AvgIpc) is 3.28. The summed E-state index contributed by atoms with van der Waals surface area (Å²) in [6.07, 6.45) is 2.22. The van der Waals surface area contributed by atoms with Crippen LogP contribution in [0.25, 0.3) is 0 Å². The van der Waals surface area contributed by atoms with E-state index in [1.807, 2.05) is 24.3 Å². The fourth-order valence-corrected chi connectivity index (χ4v) is 4.27. The second kappa shape index (κ2) is 5.94. The van der Waals surface area contributed by atoms with Crippen molar-refractivity contribution in [3.63, 3.8) is 0 Å². The van der Waals surface area contributed by atoms with Gasteiger partial charge in [-0.3, -0.25) is 19.1 Å². The Bertz CT molecular complexity index is 966. The molecule has 1 spiro atoms. The number of carbonyl (C=O) groups is 3. The van der Waals surface area contributed by atoms with Crippen LogP contribution in [0.5, 0.6) is 0 Å². The molecule has 1 aromatic heterocycles. The molecule has 1 saturated heterocycles. The lowest BCUT2D eigenvalue weighted by Crippen LogP contribution is -2.45. The molecule has 1 atom stereocenters. The number of primary amides is 1. The Morgan fingerprint density at radius 3 is 2.70 bits per heavy atom. The summed E-state index contributed by atoms with van der Waals surface area (Å²) in [6, 6.07) is 7.42. The van der Waals surface area contributed by atoms with Gasteiger partial charge in [0, 0.05) is 32.0 Å². The van der Waals surface area contributed by atoms with Crippen LogP contribution in [0.3, 0.4) is 0 Å². The Hall–Kier alpha value is -3.16. The maximum Gasteiger partial charge on any atom is 0.257 e. The third-order valence-electron chi connectivity index (χ3n) is 5.48. The molecule has 0 unspecified atom stereocenters. The highest BCUT2D eigenvalue weighted by atomic mass is 16.2. The smallest absolute Gasteiger partial charge is 0.257 e. The monoisotopic (exact) mass is 367 g/mol. The molecule has 0 bridgehead atoms. The highest BCUT2D eigenvalue weighted by molar-refractivity contribution is 6.11. The summed E-state index contributed by atoms with van der Waals surface area (Å²) in [5.41, 5.74) is 7.29. The zero-order valence-corrected chi connectivity index (χ0v) is 15.3. The van der Waals surface area contributed by atoms with Gasteiger partial charge >= 0.3 is 0 Å². The van der Waals surface area contributed by atoms with Gasteiger partial charge in [0.15, 0.2) is 0 Å². The molecule has 1 fully saturated rings. The minimum atomic E-state index is -0.822. The number of nitrogens with zero attached hydrogens (tertiary/aromatic N) is 4. The predicted octanol–water partition coefficient (Wildman–Crippen LogP) is 0.344. The topological polar surface area (TPSA) is 102 Å². The fourth-order valence-electron chi connectivity index (χ4n) is 4.27. The Kier molecular flexibility index (Phi) is 3.80. The van der Waals surface area contributed by atoms with Gasteiger partial charge in [0.2, 0.25) is 11.8 Å². The second-order valence-electron chi connectivity index (χ2n) is 7.24. The molecule has 8 heteroatoms. The van der Waals surface area contributed by atoms with Gasteiger partial charge in [0.25, 0.3) is 5.91 Å². The molecule has 8 nitrogen and oxygen atoms in total. The van der Waals surface area contributed by atoms with Crippen molar-refractivity contribution in [3.8, 4) is 0 Å². The first kappa shape index (κ1) is 17.3. The van der Waals surface area contributed by atoms with Crippen LogP contribution in [0.1, 0.15) is 28.0 Å². The van der Waals surface area contributed by atoms with Crippen LogP contribution in [-0.4, -0.2) is 52.0 Å². The van der Waals surface area contributed by atoms with E-state index in [1.165, 1.54) is 4.90 Å². The maximum atomic E-state index is 13.3. The number of nitrogens with two attached hydrogens (primary N) is 1. The van der Waals surface area contributed by atoms with Gasteiger partial charge in [-0.1, -0.05) is 18.2 Å². The van der Waals surface area contributed by atoms with E-state index >= 15 is 0 Å². The van der Waals surface area contributed by atoms with Gasteiger partial charge in [-0.2, -0.15) is 5.10 Å². The van der Waals surface area contributed by atoms with Crippen LogP contribution in [0.2, 0.25) is 0 Å². The van der Waals surface area contributed by atoms with Crippen molar-refractivity contribution in [2.24, 2.45) is 12.8 Å². The number of anilines is 1. The number of para-hydroxylation sites is 1. The molecule has 2 aliphatic heterocycles. The minimum absolute atomic E-state index is 0.129. The summed E-state index contributed by atoms with van der Waals surface area (Å²) in [5, 5.41) is 4.23. The lowest BCUT2D eigenvalue weighted by molar-refractivity contribution is -0.125. The number of likely N-dealkylation sites (tertiary alicyclic amines) is 1. The van der Waals surface area contributed by atoms with E-state index in [2.05, 4.69) is 5.10 Å². The standard InChI is InChI=1S/C19H21N5O3/c1-12-13(9-22(2)21-12)17(26)23-8-7-19(11-23)14-5-3-4-6-15(14)24(18(19)27)10-16(20)25/h3-6,9H,7-8,10-11H2,1-2H3,(H2,20,25)/t19-/m0/s1. The van der Waals surface area contributed by atoms with Crippen LogP contribution in [0.4, 0.5) is 5.69 Å². The Labute approximate surface area is 156 Å². The number of aromatic nitrogens is 2. The van der Waals surface area contributed by atoms with Crippen LogP contribution in [0.15, 0.2) is 30.5 Å². The molecular formula is C19H21N5O3. The molecule has 140 valence electrons. The third-order valence-corrected chi connectivity index (χ3v) is 5.48. The first-order valence-electron chi connectivity index (χ1n) is 8.83. The van der Waals surface area contributed by atoms with E-state index in [4.69, 9.17) is 5.73 Å². The molecule has 27 heavy (non-hydrogen) atoms. The predicted molar refractivity (Wildman–Crippen MR) is 98.1 cm³/mol. The molecule has 1 aromatic carbocycles. The Morgan fingerprint density at radius 1 is 1.30 bits per heavy atom. The summed E-state index contributed by atoms with van der Waals surface area (Å²) in [7, 11) is 1.77. The van der Waals surface area contributed by atoms with Crippen LogP contribution >= 0.6 is 0 Å². The van der Waals surface area contributed by atoms with Gasteiger partial charge in [-0.05, 0) is 25.0 Å². The first-order valence-corrected chi connectivity index (χ1v) is 8.83. The SMILES string of the molecule is Cc1nn(C)cc1C(=O)N1CC[C@@]2(C1)C(=O)N(CC(N)=O)c1ccccc12. The van der Waals surface area contributed by atoms with Crippen molar-refractivity contribution < 1.29 is 14.4 Å². The number of fused-ring (bicyclic) bond motifs is 2. The van der Waals surface area contributed by atoms with Crippen LogP contribution in [-0.2, 0) is 22.1 Å². The van der Waals surface area contributed by atoms with Crippen molar-refractivity contribution in [3.05, 3.63) is 47.3 Å². The zero-order chi connectivity index (χ0) is 19.3. The quantitative estimate of drug-likeness (QED) is 0.845. The molecule has 2 aromatic rings. The average molecular weight is 367 g/mol. The largest absolute Gasteiger partial charge is 0.368 e.